The topological polar surface area (TPSA) is 66.8 Å². The van der Waals surface area contributed by atoms with Gasteiger partial charge >= 0.3 is 0 Å². The summed E-state index contributed by atoms with van der Waals surface area (Å²) in [6, 6.07) is 18.0. The molecule has 1 saturated heterocycles. The van der Waals surface area contributed by atoms with Crippen molar-refractivity contribution in [3.8, 4) is 5.75 Å². The van der Waals surface area contributed by atoms with Gasteiger partial charge in [-0.3, -0.25) is 9.59 Å². The van der Waals surface area contributed by atoms with Crippen LogP contribution in [-0.2, 0) is 16.1 Å². The van der Waals surface area contributed by atoms with Gasteiger partial charge in [0.1, 0.15) is 11.5 Å². The molecule has 2 heterocycles. The summed E-state index contributed by atoms with van der Waals surface area (Å²) in [6.45, 7) is 6.86. The van der Waals surface area contributed by atoms with E-state index in [2.05, 4.69) is 0 Å². The average molecular weight is 462 g/mol. The first-order valence-electron chi connectivity index (χ1n) is 11.0. The van der Waals surface area contributed by atoms with Crippen LogP contribution in [0.3, 0.4) is 0 Å². The number of hydrogen-bond acceptors (Lipinski definition) is 5. The monoisotopic (exact) mass is 461 g/mol. The number of aliphatic hydroxyl groups excluding tert-OH is 1. The van der Waals surface area contributed by atoms with Crippen LogP contribution in [-0.4, -0.2) is 28.3 Å². The smallest absolute Gasteiger partial charge is 0.295 e. The van der Waals surface area contributed by atoms with Crippen molar-refractivity contribution in [1.82, 2.24) is 4.90 Å². The molecule has 0 bridgehead atoms. The van der Waals surface area contributed by atoms with E-state index in [1.54, 1.807) is 11.0 Å². The minimum absolute atomic E-state index is 0.113. The fourth-order valence-electron chi connectivity index (χ4n) is 4.18. The molecular formula is C27H27NO4S. The van der Waals surface area contributed by atoms with Crippen molar-refractivity contribution < 1.29 is 19.4 Å². The maximum atomic E-state index is 13.2. The highest BCUT2D eigenvalue weighted by molar-refractivity contribution is 7.09. The summed E-state index contributed by atoms with van der Waals surface area (Å²) in [6.07, 6.45) is 0. The fraction of sp³-hybridized carbons (Fsp3) is 0.259. The predicted octanol–water partition coefficient (Wildman–Crippen LogP) is 5.89. The van der Waals surface area contributed by atoms with E-state index in [1.165, 1.54) is 11.3 Å². The van der Waals surface area contributed by atoms with Crippen LogP contribution in [0.15, 0.2) is 71.6 Å². The van der Waals surface area contributed by atoms with Gasteiger partial charge in [0.15, 0.2) is 0 Å². The highest BCUT2D eigenvalue weighted by Gasteiger charge is 2.46. The van der Waals surface area contributed by atoms with Crippen molar-refractivity contribution in [3.05, 3.63) is 93.2 Å². The van der Waals surface area contributed by atoms with Crippen LogP contribution in [0, 0.1) is 0 Å². The third-order valence-corrected chi connectivity index (χ3v) is 6.63. The molecule has 1 fully saturated rings. The van der Waals surface area contributed by atoms with Gasteiger partial charge in [-0.15, -0.1) is 11.3 Å². The lowest BCUT2D eigenvalue weighted by Crippen LogP contribution is -2.28. The van der Waals surface area contributed by atoms with Crippen molar-refractivity contribution in [2.75, 3.05) is 6.61 Å². The van der Waals surface area contributed by atoms with Crippen LogP contribution < -0.4 is 4.74 Å². The standard InChI is InChI=1S/C27H27NO4S/c1-4-32-22-13-12-19(15-21(22)17(2)3)25(29)23-24(18-9-6-5-7-10-18)28(27(31)26(23)30)16-20-11-8-14-33-20/h5-15,17,24,29H,4,16H2,1-3H3/b25-23-. The summed E-state index contributed by atoms with van der Waals surface area (Å²) in [5, 5.41) is 13.3. The molecule has 33 heavy (non-hydrogen) atoms. The quantitative estimate of drug-likeness (QED) is 0.271. The van der Waals surface area contributed by atoms with Crippen molar-refractivity contribution in [2.45, 2.75) is 39.3 Å². The van der Waals surface area contributed by atoms with Gasteiger partial charge < -0.3 is 14.7 Å². The van der Waals surface area contributed by atoms with Crippen LogP contribution in [0.5, 0.6) is 5.75 Å². The normalized spacial score (nSPS) is 17.7. The fourth-order valence-corrected chi connectivity index (χ4v) is 4.89. The van der Waals surface area contributed by atoms with E-state index in [1.807, 2.05) is 80.7 Å². The van der Waals surface area contributed by atoms with Gasteiger partial charge in [-0.2, -0.15) is 0 Å². The summed E-state index contributed by atoms with van der Waals surface area (Å²) in [5.41, 5.74) is 2.33. The van der Waals surface area contributed by atoms with Gasteiger partial charge in [-0.1, -0.05) is 50.2 Å². The van der Waals surface area contributed by atoms with E-state index in [9.17, 15) is 14.7 Å². The van der Waals surface area contributed by atoms with Gasteiger partial charge in [-0.05, 0) is 53.6 Å². The second-order valence-corrected chi connectivity index (χ2v) is 9.29. The van der Waals surface area contributed by atoms with E-state index in [-0.39, 0.29) is 17.3 Å². The highest BCUT2D eigenvalue weighted by Crippen LogP contribution is 2.41. The van der Waals surface area contributed by atoms with Gasteiger partial charge in [0.2, 0.25) is 0 Å². The molecule has 4 rings (SSSR count). The Hall–Kier alpha value is -3.38. The number of nitrogens with zero attached hydrogens (tertiary/aromatic N) is 1. The molecule has 5 nitrogen and oxygen atoms in total. The first kappa shape index (κ1) is 22.8. The number of Topliss-reactive ketones (excluding diaryl/α,β-unsaturated/α-hetero) is 1. The molecule has 0 radical (unpaired) electrons. The van der Waals surface area contributed by atoms with Crippen molar-refractivity contribution in [2.24, 2.45) is 0 Å². The van der Waals surface area contributed by atoms with Crippen LogP contribution in [0.4, 0.5) is 0 Å². The number of thiophene rings is 1. The van der Waals surface area contributed by atoms with Gasteiger partial charge in [0.25, 0.3) is 11.7 Å². The van der Waals surface area contributed by atoms with E-state index >= 15 is 0 Å². The number of rotatable bonds is 7. The van der Waals surface area contributed by atoms with Gasteiger partial charge in [0.05, 0.1) is 24.8 Å². The van der Waals surface area contributed by atoms with Crippen LogP contribution in [0.2, 0.25) is 0 Å². The number of hydrogen-bond donors (Lipinski definition) is 1. The first-order chi connectivity index (χ1) is 15.9. The van der Waals surface area contributed by atoms with Crippen LogP contribution >= 0.6 is 11.3 Å². The Morgan fingerprint density at radius 2 is 1.85 bits per heavy atom. The van der Waals surface area contributed by atoms with Crippen LogP contribution in [0.25, 0.3) is 5.76 Å². The number of likely N-dealkylation sites (tertiary alicyclic amines) is 1. The molecule has 1 unspecified atom stereocenters. The van der Waals surface area contributed by atoms with E-state index < -0.39 is 17.7 Å². The molecule has 0 spiro atoms. The lowest BCUT2D eigenvalue weighted by molar-refractivity contribution is -0.140. The minimum atomic E-state index is -0.669. The molecule has 6 heteroatoms. The SMILES string of the molecule is CCOc1ccc(/C(O)=C2/C(=O)C(=O)N(Cc3cccs3)C2c2ccccc2)cc1C(C)C. The molecule has 2 aromatic carbocycles. The number of ether oxygens (including phenoxy) is 1. The largest absolute Gasteiger partial charge is 0.507 e. The zero-order valence-electron chi connectivity index (χ0n) is 18.9. The van der Waals surface area contributed by atoms with Gasteiger partial charge in [-0.25, -0.2) is 0 Å². The van der Waals surface area contributed by atoms with Crippen molar-refractivity contribution in [1.29, 1.82) is 0 Å². The lowest BCUT2D eigenvalue weighted by atomic mass is 9.93. The Morgan fingerprint density at radius 1 is 1.09 bits per heavy atom. The number of benzene rings is 2. The predicted molar refractivity (Wildman–Crippen MR) is 130 cm³/mol. The molecule has 0 saturated carbocycles. The first-order valence-corrected chi connectivity index (χ1v) is 11.9. The lowest BCUT2D eigenvalue weighted by Gasteiger charge is -2.25. The van der Waals surface area contributed by atoms with E-state index in [4.69, 9.17) is 4.74 Å². The molecule has 3 aromatic rings. The molecule has 1 atom stereocenters. The Balaban J connectivity index is 1.85. The zero-order valence-corrected chi connectivity index (χ0v) is 19.8. The molecule has 0 aliphatic carbocycles. The second kappa shape index (κ2) is 9.63. The summed E-state index contributed by atoms with van der Waals surface area (Å²) >= 11 is 1.53. The number of carbonyl (C=O) groups is 2. The molecule has 1 aliphatic heterocycles. The van der Waals surface area contributed by atoms with E-state index in [0.717, 1.165) is 21.8 Å². The summed E-state index contributed by atoms with van der Waals surface area (Å²) in [5.74, 6) is -0.528. The number of carbonyl (C=O) groups excluding carboxylic acids is 2. The Bertz CT molecular complexity index is 1180. The average Bonchev–Trinajstić information content (AvgIpc) is 3.42. The van der Waals surface area contributed by atoms with Gasteiger partial charge in [0, 0.05) is 10.4 Å². The zero-order chi connectivity index (χ0) is 23.5. The maximum absolute atomic E-state index is 13.2. The van der Waals surface area contributed by atoms with Crippen LogP contribution in [0.1, 0.15) is 54.3 Å². The third-order valence-electron chi connectivity index (χ3n) is 5.77. The third kappa shape index (κ3) is 4.44. The minimum Gasteiger partial charge on any atom is -0.507 e. The molecule has 170 valence electrons. The molecular weight excluding hydrogens is 434 g/mol. The number of aliphatic hydroxyl groups is 1. The molecule has 1 N–H and O–H groups in total. The summed E-state index contributed by atoms with van der Waals surface area (Å²) < 4.78 is 5.74. The van der Waals surface area contributed by atoms with Crippen molar-refractivity contribution in [3.63, 3.8) is 0 Å². The highest BCUT2D eigenvalue weighted by atomic mass is 32.1. The molecule has 1 aliphatic rings. The number of ketones is 1. The molecule has 1 amide bonds. The number of amides is 1. The molecule has 1 aromatic heterocycles. The Labute approximate surface area is 197 Å². The van der Waals surface area contributed by atoms with Crippen molar-refractivity contribution >= 4 is 28.8 Å². The second-order valence-electron chi connectivity index (χ2n) is 8.26. The summed E-state index contributed by atoms with van der Waals surface area (Å²) in [4.78, 5) is 28.8. The van der Waals surface area contributed by atoms with E-state index in [0.29, 0.717) is 18.7 Å². The summed E-state index contributed by atoms with van der Waals surface area (Å²) in [7, 11) is 0. The maximum Gasteiger partial charge on any atom is 0.295 e. The Kier molecular flexibility index (Phi) is 6.65. The Morgan fingerprint density at radius 3 is 2.48 bits per heavy atom.